The minimum Gasteiger partial charge on any atom is -0.844 e. The van der Waals surface area contributed by atoms with Crippen molar-refractivity contribution in [3.05, 3.63) is 0 Å². The Morgan fingerprint density at radius 1 is 1.19 bits per heavy atom. The minimum atomic E-state index is -0.517. The summed E-state index contributed by atoms with van der Waals surface area (Å²) < 4.78 is 6.17. The van der Waals surface area contributed by atoms with Crippen LogP contribution < -0.4 is 10.0 Å². The molecule has 3 heterocycles. The summed E-state index contributed by atoms with van der Waals surface area (Å²) >= 11 is 0. The van der Waals surface area contributed by atoms with E-state index in [9.17, 15) is 5.11 Å². The fraction of sp³-hybridized carbons (Fsp3) is 0.571. The summed E-state index contributed by atoms with van der Waals surface area (Å²) in [5.41, 5.74) is 0. The summed E-state index contributed by atoms with van der Waals surface area (Å²) in [4.78, 5) is 9.80. The highest BCUT2D eigenvalue weighted by molar-refractivity contribution is 5.38. The molecule has 0 spiro atoms. The predicted octanol–water partition coefficient (Wildman–Crippen LogP) is -2.18. The van der Waals surface area contributed by atoms with Gasteiger partial charge in [0.1, 0.15) is 0 Å². The van der Waals surface area contributed by atoms with E-state index in [1.165, 1.54) is 0 Å². The molecule has 16 heavy (non-hydrogen) atoms. The second-order valence-corrected chi connectivity index (χ2v) is 3.30. The first-order chi connectivity index (χ1) is 7.84. The zero-order valence-corrected chi connectivity index (χ0v) is 8.28. The second-order valence-electron chi connectivity index (χ2n) is 3.30. The van der Waals surface area contributed by atoms with Crippen LogP contribution in [-0.4, -0.2) is 56.3 Å². The fourth-order valence-corrected chi connectivity index (χ4v) is 1.53. The molecule has 1 fully saturated rings. The van der Waals surface area contributed by atoms with Gasteiger partial charge in [-0.15, -0.1) is 0 Å². The molecule has 0 amide bonds. The van der Waals surface area contributed by atoms with Gasteiger partial charge in [0.2, 0.25) is 5.95 Å². The monoisotopic (exact) mass is 222 g/mol. The van der Waals surface area contributed by atoms with E-state index in [-0.39, 0.29) is 5.78 Å². The van der Waals surface area contributed by atoms with Gasteiger partial charge >= 0.3 is 0 Å². The third-order valence-corrected chi connectivity index (χ3v) is 2.32. The van der Waals surface area contributed by atoms with Crippen LogP contribution in [0.5, 0.6) is 6.01 Å². The van der Waals surface area contributed by atoms with Gasteiger partial charge in [-0.25, -0.2) is 4.98 Å². The van der Waals surface area contributed by atoms with E-state index in [4.69, 9.17) is 4.74 Å². The summed E-state index contributed by atoms with van der Waals surface area (Å²) in [7, 11) is 0. The van der Waals surface area contributed by atoms with E-state index < -0.39 is 6.01 Å². The van der Waals surface area contributed by atoms with Crippen LogP contribution in [0.3, 0.4) is 0 Å². The number of hydrogen-bond acceptors (Lipinski definition) is 8. The predicted molar refractivity (Wildman–Crippen MR) is 48.9 cm³/mol. The number of aromatic nitrogens is 6. The van der Waals surface area contributed by atoms with E-state index >= 15 is 0 Å². The van der Waals surface area contributed by atoms with E-state index in [0.29, 0.717) is 32.3 Å². The normalized spacial score (nSPS) is 16.9. The van der Waals surface area contributed by atoms with Crippen molar-refractivity contribution >= 4 is 11.7 Å². The van der Waals surface area contributed by atoms with Crippen LogP contribution in [0.1, 0.15) is 0 Å². The third-order valence-electron chi connectivity index (χ3n) is 2.32. The highest BCUT2D eigenvalue weighted by Crippen LogP contribution is 2.12. The first kappa shape index (κ1) is 9.21. The summed E-state index contributed by atoms with van der Waals surface area (Å²) in [6, 6.07) is -0.517. The molecule has 0 unspecified atom stereocenters. The van der Waals surface area contributed by atoms with Gasteiger partial charge in [-0.3, -0.25) is 0 Å². The van der Waals surface area contributed by atoms with Crippen LogP contribution >= 0.6 is 0 Å². The Labute approximate surface area is 89.7 Å². The van der Waals surface area contributed by atoms with Crippen molar-refractivity contribution in [3.63, 3.8) is 0 Å². The molecule has 0 radical (unpaired) electrons. The molecule has 0 atom stereocenters. The van der Waals surface area contributed by atoms with Crippen molar-refractivity contribution in [3.8, 4) is 6.01 Å². The molecule has 1 saturated heterocycles. The molecule has 9 heteroatoms. The summed E-state index contributed by atoms with van der Waals surface area (Å²) in [6.45, 7) is 2.54. The van der Waals surface area contributed by atoms with Crippen LogP contribution in [0.4, 0.5) is 5.95 Å². The Morgan fingerprint density at radius 2 is 2.00 bits per heavy atom. The quantitative estimate of drug-likeness (QED) is 0.536. The number of morpholine rings is 1. The molecule has 3 rings (SSSR count). The Balaban J connectivity index is 2.02. The molecule has 1 aliphatic rings. The largest absolute Gasteiger partial charge is 0.844 e. The van der Waals surface area contributed by atoms with Gasteiger partial charge in [-0.05, 0) is 10.4 Å². The number of nitrogens with zero attached hydrogens (tertiary/aromatic N) is 7. The van der Waals surface area contributed by atoms with Gasteiger partial charge in [0.05, 0.1) is 19.2 Å². The van der Waals surface area contributed by atoms with Crippen molar-refractivity contribution < 1.29 is 9.84 Å². The van der Waals surface area contributed by atoms with Gasteiger partial charge in [0, 0.05) is 13.1 Å². The lowest BCUT2D eigenvalue weighted by Gasteiger charge is -2.27. The highest BCUT2D eigenvalue weighted by Gasteiger charge is 2.15. The topological polar surface area (TPSA) is 104 Å². The van der Waals surface area contributed by atoms with Gasteiger partial charge in [0.25, 0.3) is 5.78 Å². The molecule has 2 aromatic rings. The van der Waals surface area contributed by atoms with Crippen LogP contribution in [-0.2, 0) is 4.74 Å². The van der Waals surface area contributed by atoms with Gasteiger partial charge < -0.3 is 14.7 Å². The van der Waals surface area contributed by atoms with Gasteiger partial charge in [0.15, 0.2) is 0 Å². The highest BCUT2D eigenvalue weighted by atomic mass is 16.5. The number of rotatable bonds is 1. The van der Waals surface area contributed by atoms with E-state index in [2.05, 4.69) is 25.5 Å². The lowest BCUT2D eigenvalue weighted by molar-refractivity contribution is -0.284. The van der Waals surface area contributed by atoms with Crippen molar-refractivity contribution in [2.75, 3.05) is 31.2 Å². The first-order valence-corrected chi connectivity index (χ1v) is 4.80. The average molecular weight is 222 g/mol. The Hall–Kier alpha value is -2.03. The standard InChI is InChI=1S/C7H9N7O2/c15-7-9-5(13-1-3-16-4-2-13)8-6-10-11-12-14(6)7/h1-4H2,(H,8,9,10,12,15)/p-1. The Bertz CT molecular complexity index is 506. The number of ether oxygens (including phenoxy) is 1. The number of tetrazole rings is 1. The number of hydrogen-bond donors (Lipinski definition) is 0. The molecular formula is C7H8N7O2-. The maximum absolute atomic E-state index is 11.5. The van der Waals surface area contributed by atoms with Crippen molar-refractivity contribution in [1.82, 2.24) is 30.0 Å². The summed E-state index contributed by atoms with van der Waals surface area (Å²) in [5, 5.41) is 22.0. The van der Waals surface area contributed by atoms with Gasteiger partial charge in [-0.2, -0.15) is 9.50 Å². The molecule has 9 nitrogen and oxygen atoms in total. The molecule has 1 aliphatic heterocycles. The SMILES string of the molecule is [O-]c1nc(N2CCOCC2)nc2nnnn12. The molecule has 2 aromatic heterocycles. The number of fused-ring (bicyclic) bond motifs is 1. The van der Waals surface area contributed by atoms with Crippen LogP contribution in [0, 0.1) is 0 Å². The zero-order chi connectivity index (χ0) is 11.0. The molecule has 0 bridgehead atoms. The van der Waals surface area contributed by atoms with E-state index in [0.717, 1.165) is 4.52 Å². The van der Waals surface area contributed by atoms with Crippen LogP contribution in [0.15, 0.2) is 0 Å². The lowest BCUT2D eigenvalue weighted by atomic mass is 10.4. The smallest absolute Gasteiger partial charge is 0.277 e. The molecule has 0 saturated carbocycles. The number of anilines is 1. The maximum Gasteiger partial charge on any atom is 0.277 e. The molecule has 0 N–H and O–H groups in total. The molecular weight excluding hydrogens is 214 g/mol. The Morgan fingerprint density at radius 3 is 2.81 bits per heavy atom. The molecule has 0 aromatic carbocycles. The molecule has 0 aliphatic carbocycles. The lowest BCUT2D eigenvalue weighted by Crippen LogP contribution is -2.37. The third kappa shape index (κ3) is 1.41. The second kappa shape index (κ2) is 3.52. The minimum absolute atomic E-state index is 0.168. The summed E-state index contributed by atoms with van der Waals surface area (Å²) in [5.74, 6) is 0.525. The summed E-state index contributed by atoms with van der Waals surface area (Å²) in [6.07, 6.45) is 0. The first-order valence-electron chi connectivity index (χ1n) is 4.80. The van der Waals surface area contributed by atoms with E-state index in [1.807, 2.05) is 4.90 Å². The zero-order valence-electron chi connectivity index (χ0n) is 8.28. The fourth-order valence-electron chi connectivity index (χ4n) is 1.53. The maximum atomic E-state index is 11.5. The Kier molecular flexibility index (Phi) is 2.03. The molecule has 84 valence electrons. The van der Waals surface area contributed by atoms with Gasteiger partial charge in [-0.1, -0.05) is 5.10 Å². The van der Waals surface area contributed by atoms with Crippen LogP contribution in [0.25, 0.3) is 5.78 Å². The van der Waals surface area contributed by atoms with Crippen molar-refractivity contribution in [2.24, 2.45) is 0 Å². The van der Waals surface area contributed by atoms with Crippen molar-refractivity contribution in [1.29, 1.82) is 0 Å². The average Bonchev–Trinajstić information content (AvgIpc) is 2.79. The van der Waals surface area contributed by atoms with E-state index in [1.54, 1.807) is 0 Å². The van der Waals surface area contributed by atoms with Crippen LogP contribution in [0.2, 0.25) is 0 Å². The van der Waals surface area contributed by atoms with Crippen molar-refractivity contribution in [2.45, 2.75) is 0 Å².